The molecule has 0 saturated carbocycles. The summed E-state index contributed by atoms with van der Waals surface area (Å²) in [7, 11) is 0. The van der Waals surface area contributed by atoms with Gasteiger partial charge in [0.25, 0.3) is 18.0 Å². The van der Waals surface area contributed by atoms with Gasteiger partial charge in [0.2, 0.25) is 0 Å². The molecule has 0 radical (unpaired) electrons. The summed E-state index contributed by atoms with van der Waals surface area (Å²) in [6.45, 7) is 6.98. The first-order chi connectivity index (χ1) is 8.43. The Bertz CT molecular complexity index is 402. The van der Waals surface area contributed by atoms with E-state index < -0.39 is 23.5 Å². The normalized spacial score (nSPS) is 26.8. The molecule has 0 aromatic carbocycles. The van der Waals surface area contributed by atoms with Crippen LogP contribution in [0.4, 0.5) is 4.39 Å². The summed E-state index contributed by atoms with van der Waals surface area (Å²) in [5.74, 6) is -1.71. The third-order valence-electron chi connectivity index (χ3n) is 3.40. The Hall–Kier alpha value is -1.34. The molecule has 7 heteroatoms. The average molecular weight is 256 g/mol. The van der Waals surface area contributed by atoms with E-state index in [9.17, 15) is 14.0 Å². The summed E-state index contributed by atoms with van der Waals surface area (Å²) >= 11 is 0. The Morgan fingerprint density at radius 3 is 2.50 bits per heavy atom. The number of hydrogen-bond acceptors (Lipinski definition) is 4. The van der Waals surface area contributed by atoms with Gasteiger partial charge >= 0.3 is 0 Å². The first-order valence-electron chi connectivity index (χ1n) is 5.96. The summed E-state index contributed by atoms with van der Waals surface area (Å²) in [4.78, 5) is 28.4. The zero-order chi connectivity index (χ0) is 13.3. The molecule has 0 spiro atoms. The highest BCUT2D eigenvalue weighted by Gasteiger charge is 2.40. The van der Waals surface area contributed by atoms with Crippen molar-refractivity contribution in [1.82, 2.24) is 15.5 Å². The molecule has 1 unspecified atom stereocenters. The molecule has 2 N–H and O–H groups in total. The number of halogens is 1. The van der Waals surface area contributed by atoms with Crippen LogP contribution in [0.3, 0.4) is 0 Å². The number of aliphatic imine (C=N–C) groups is 1. The van der Waals surface area contributed by atoms with Gasteiger partial charge in [0.05, 0.1) is 5.54 Å². The smallest absolute Gasteiger partial charge is 0.291 e. The monoisotopic (exact) mass is 256 g/mol. The van der Waals surface area contributed by atoms with E-state index in [2.05, 4.69) is 20.5 Å². The lowest BCUT2D eigenvalue weighted by Crippen LogP contribution is -2.63. The zero-order valence-electron chi connectivity index (χ0n) is 10.5. The van der Waals surface area contributed by atoms with E-state index in [-0.39, 0.29) is 5.84 Å². The van der Waals surface area contributed by atoms with Gasteiger partial charge in [0.1, 0.15) is 5.84 Å². The summed E-state index contributed by atoms with van der Waals surface area (Å²) in [5, 5.41) is 5.61. The summed E-state index contributed by atoms with van der Waals surface area (Å²) < 4.78 is 13.1. The summed E-state index contributed by atoms with van der Waals surface area (Å²) in [6, 6.07) is 0. The molecule has 0 aromatic rings. The van der Waals surface area contributed by atoms with Crippen LogP contribution in [0.5, 0.6) is 0 Å². The van der Waals surface area contributed by atoms with Crippen LogP contribution in [0.25, 0.3) is 0 Å². The van der Waals surface area contributed by atoms with Crippen molar-refractivity contribution >= 4 is 17.6 Å². The SMILES string of the molecule is CC(C)(C1=NC(=O)C(F)C(=O)N1)N1CCNCC1. The molecular formula is C11H17FN4O2. The molecule has 0 aromatic heterocycles. The standard InChI is InChI=1S/C11H17FN4O2/c1-11(2,16-5-3-13-4-6-16)10-14-8(17)7(12)9(18)15-10/h7,13H,3-6H2,1-2H3,(H,14,15,17,18). The molecule has 2 rings (SSSR count). The molecule has 1 fully saturated rings. The minimum absolute atomic E-state index is 0.230. The van der Waals surface area contributed by atoms with E-state index >= 15 is 0 Å². The number of nitrogens with zero attached hydrogens (tertiary/aromatic N) is 2. The van der Waals surface area contributed by atoms with E-state index in [0.29, 0.717) is 0 Å². The molecule has 1 atom stereocenters. The molecule has 2 amide bonds. The van der Waals surface area contributed by atoms with Gasteiger partial charge in [-0.05, 0) is 13.8 Å². The van der Waals surface area contributed by atoms with Crippen LogP contribution in [-0.4, -0.2) is 60.4 Å². The highest BCUT2D eigenvalue weighted by atomic mass is 19.1. The predicted molar refractivity (Wildman–Crippen MR) is 64.0 cm³/mol. The maximum Gasteiger partial charge on any atom is 0.291 e. The number of nitrogens with one attached hydrogen (secondary N) is 2. The molecule has 2 heterocycles. The fourth-order valence-corrected chi connectivity index (χ4v) is 2.15. The number of carbonyl (C=O) groups is 2. The fourth-order valence-electron chi connectivity index (χ4n) is 2.15. The molecule has 0 aliphatic carbocycles. The van der Waals surface area contributed by atoms with Crippen molar-refractivity contribution in [3.8, 4) is 0 Å². The van der Waals surface area contributed by atoms with Crippen molar-refractivity contribution in [2.24, 2.45) is 4.99 Å². The van der Waals surface area contributed by atoms with Crippen molar-refractivity contribution in [3.63, 3.8) is 0 Å². The zero-order valence-corrected chi connectivity index (χ0v) is 10.5. The molecule has 2 aliphatic heterocycles. The van der Waals surface area contributed by atoms with Crippen LogP contribution < -0.4 is 10.6 Å². The molecular weight excluding hydrogens is 239 g/mol. The number of piperazine rings is 1. The maximum absolute atomic E-state index is 13.1. The number of amidine groups is 1. The van der Waals surface area contributed by atoms with Gasteiger partial charge in [-0.25, -0.2) is 4.39 Å². The van der Waals surface area contributed by atoms with Crippen LogP contribution in [0.15, 0.2) is 4.99 Å². The van der Waals surface area contributed by atoms with Crippen molar-refractivity contribution in [2.75, 3.05) is 26.2 Å². The van der Waals surface area contributed by atoms with E-state index in [4.69, 9.17) is 0 Å². The number of rotatable bonds is 2. The van der Waals surface area contributed by atoms with Gasteiger partial charge in [-0.15, -0.1) is 0 Å². The second kappa shape index (κ2) is 4.74. The highest BCUT2D eigenvalue weighted by molar-refractivity contribution is 6.19. The van der Waals surface area contributed by atoms with E-state index in [1.807, 2.05) is 13.8 Å². The molecule has 18 heavy (non-hydrogen) atoms. The van der Waals surface area contributed by atoms with Crippen molar-refractivity contribution < 1.29 is 14.0 Å². The van der Waals surface area contributed by atoms with Crippen LogP contribution in [0, 0.1) is 0 Å². The number of amides is 2. The Morgan fingerprint density at radius 2 is 1.94 bits per heavy atom. The van der Waals surface area contributed by atoms with Gasteiger partial charge in [-0.2, -0.15) is 4.99 Å². The Labute approximate surface area is 105 Å². The van der Waals surface area contributed by atoms with Crippen molar-refractivity contribution in [1.29, 1.82) is 0 Å². The van der Waals surface area contributed by atoms with Crippen molar-refractivity contribution in [2.45, 2.75) is 25.6 Å². The fraction of sp³-hybridized carbons (Fsp3) is 0.727. The second-order valence-electron chi connectivity index (χ2n) is 4.95. The Kier molecular flexibility index (Phi) is 3.45. The lowest BCUT2D eigenvalue weighted by molar-refractivity contribution is -0.134. The predicted octanol–water partition coefficient (Wildman–Crippen LogP) is -0.937. The van der Waals surface area contributed by atoms with Crippen LogP contribution in [0.2, 0.25) is 0 Å². The quantitative estimate of drug-likeness (QED) is 0.626. The van der Waals surface area contributed by atoms with Gasteiger partial charge in [0, 0.05) is 26.2 Å². The van der Waals surface area contributed by atoms with Gasteiger partial charge in [-0.3, -0.25) is 14.5 Å². The van der Waals surface area contributed by atoms with E-state index in [1.54, 1.807) is 0 Å². The van der Waals surface area contributed by atoms with E-state index in [1.165, 1.54) is 0 Å². The topological polar surface area (TPSA) is 73.8 Å². The molecule has 1 saturated heterocycles. The first-order valence-corrected chi connectivity index (χ1v) is 5.96. The minimum atomic E-state index is -2.17. The lowest BCUT2D eigenvalue weighted by Gasteiger charge is -2.42. The van der Waals surface area contributed by atoms with Crippen LogP contribution in [0.1, 0.15) is 13.8 Å². The number of alkyl halides is 1. The number of carbonyl (C=O) groups excluding carboxylic acids is 2. The number of hydrogen-bond donors (Lipinski definition) is 2. The summed E-state index contributed by atoms with van der Waals surface area (Å²) in [6.07, 6.45) is -2.17. The van der Waals surface area contributed by atoms with Gasteiger partial charge in [-0.1, -0.05) is 0 Å². The highest BCUT2D eigenvalue weighted by Crippen LogP contribution is 2.18. The molecule has 2 aliphatic rings. The van der Waals surface area contributed by atoms with Gasteiger partial charge < -0.3 is 10.6 Å². The van der Waals surface area contributed by atoms with Crippen molar-refractivity contribution in [3.05, 3.63) is 0 Å². The third kappa shape index (κ3) is 2.28. The van der Waals surface area contributed by atoms with Crippen LogP contribution >= 0.6 is 0 Å². The first kappa shape index (κ1) is 13.1. The minimum Gasteiger partial charge on any atom is -0.314 e. The Balaban J connectivity index is 2.21. The average Bonchev–Trinajstić information content (AvgIpc) is 2.36. The lowest BCUT2D eigenvalue weighted by atomic mass is 9.98. The van der Waals surface area contributed by atoms with Gasteiger partial charge in [0.15, 0.2) is 0 Å². The second-order valence-corrected chi connectivity index (χ2v) is 4.95. The summed E-state index contributed by atoms with van der Waals surface area (Å²) in [5.41, 5.74) is -0.590. The molecule has 6 nitrogen and oxygen atoms in total. The molecule has 0 bridgehead atoms. The maximum atomic E-state index is 13.1. The third-order valence-corrected chi connectivity index (χ3v) is 3.40. The Morgan fingerprint density at radius 1 is 1.33 bits per heavy atom. The largest absolute Gasteiger partial charge is 0.314 e. The molecule has 100 valence electrons. The van der Waals surface area contributed by atoms with E-state index in [0.717, 1.165) is 26.2 Å². The van der Waals surface area contributed by atoms with Crippen LogP contribution in [-0.2, 0) is 9.59 Å².